The summed E-state index contributed by atoms with van der Waals surface area (Å²) in [7, 11) is 0. The van der Waals surface area contributed by atoms with Crippen molar-refractivity contribution in [3.8, 4) is 0 Å². The van der Waals surface area contributed by atoms with Gasteiger partial charge in [0.05, 0.1) is 5.41 Å². The molecule has 0 saturated heterocycles. The predicted molar refractivity (Wildman–Crippen MR) is 62.5 cm³/mol. The third kappa shape index (κ3) is 2.51. The Morgan fingerprint density at radius 3 is 2.22 bits per heavy atom. The first-order chi connectivity index (χ1) is 8.39. The first-order valence-electron chi connectivity index (χ1n) is 5.54. The van der Waals surface area contributed by atoms with Crippen molar-refractivity contribution in [1.29, 1.82) is 0 Å². The van der Waals surface area contributed by atoms with E-state index in [1.165, 1.54) is 6.08 Å². The van der Waals surface area contributed by atoms with Crippen molar-refractivity contribution >= 4 is 18.1 Å². The van der Waals surface area contributed by atoms with Crippen molar-refractivity contribution in [2.75, 3.05) is 20.0 Å². The summed E-state index contributed by atoms with van der Waals surface area (Å²) < 4.78 is 43.2. The molecule has 104 valence electrons. The largest absolute Gasteiger partial charge is 0.463 e. The fourth-order valence-corrected chi connectivity index (χ4v) is 2.17. The second-order valence-electron chi connectivity index (χ2n) is 5.20. The molecule has 0 radical (unpaired) electrons. The minimum atomic E-state index is -1.91. The molecule has 1 aliphatic carbocycles. The van der Waals surface area contributed by atoms with Crippen molar-refractivity contribution in [3.05, 3.63) is 11.1 Å². The van der Waals surface area contributed by atoms with Gasteiger partial charge >= 0.3 is 0 Å². The minimum Gasteiger partial charge on any atom is -0.463 e. The summed E-state index contributed by atoms with van der Waals surface area (Å²) in [6, 6.07) is 0. The number of alkyl halides is 3. The Hall–Kier alpha value is -0.710. The lowest BCUT2D eigenvalue weighted by Gasteiger charge is -2.23. The maximum absolute atomic E-state index is 12.8. The van der Waals surface area contributed by atoms with Gasteiger partial charge in [0.25, 0.3) is 6.47 Å². The smallest absolute Gasteiger partial charge is 0.293 e. The normalized spacial score (nSPS) is 26.9. The molecule has 1 aliphatic rings. The Labute approximate surface area is 109 Å². The van der Waals surface area contributed by atoms with Crippen LogP contribution in [0.1, 0.15) is 13.8 Å². The van der Waals surface area contributed by atoms with Crippen LogP contribution < -0.4 is 0 Å². The van der Waals surface area contributed by atoms with E-state index in [0.29, 0.717) is 6.47 Å². The van der Waals surface area contributed by atoms with Gasteiger partial charge in [0.2, 0.25) is 0 Å². The molecule has 6 heteroatoms. The van der Waals surface area contributed by atoms with Crippen LogP contribution >= 0.6 is 11.6 Å². The van der Waals surface area contributed by atoms with E-state index in [2.05, 4.69) is 0 Å². The number of ether oxygens (including phenoxy) is 1. The molecule has 2 unspecified atom stereocenters. The van der Waals surface area contributed by atoms with Crippen molar-refractivity contribution in [2.45, 2.75) is 20.0 Å². The topological polar surface area (TPSA) is 26.3 Å². The molecule has 0 spiro atoms. The average molecular weight is 285 g/mol. The SMILES string of the molecule is CC1(C)C(C=C(Cl)C(CF)(CF)CF)C1OC=O. The fourth-order valence-electron chi connectivity index (χ4n) is 1.88. The number of allylic oxidation sites excluding steroid dienone is 1. The number of carbonyl (C=O) groups is 1. The summed E-state index contributed by atoms with van der Waals surface area (Å²) in [5.41, 5.74) is -2.26. The van der Waals surface area contributed by atoms with Crippen LogP contribution in [0.2, 0.25) is 0 Å². The number of hydrogen-bond donors (Lipinski definition) is 0. The molecule has 2 atom stereocenters. The zero-order chi connectivity index (χ0) is 14.0. The molecular weight excluding hydrogens is 269 g/mol. The molecule has 1 saturated carbocycles. The summed E-state index contributed by atoms with van der Waals surface area (Å²) in [5.74, 6) is -0.251. The van der Waals surface area contributed by atoms with Gasteiger partial charge in [0.15, 0.2) is 0 Å². The molecule has 0 aromatic rings. The highest BCUT2D eigenvalue weighted by Gasteiger charge is 2.59. The van der Waals surface area contributed by atoms with Gasteiger partial charge in [-0.1, -0.05) is 31.5 Å². The maximum atomic E-state index is 12.8. The predicted octanol–water partition coefficient (Wildman–Crippen LogP) is 3.20. The van der Waals surface area contributed by atoms with Crippen molar-refractivity contribution in [1.82, 2.24) is 0 Å². The third-order valence-electron chi connectivity index (χ3n) is 3.61. The van der Waals surface area contributed by atoms with Crippen molar-refractivity contribution in [2.24, 2.45) is 16.7 Å². The van der Waals surface area contributed by atoms with Gasteiger partial charge in [-0.05, 0) is 0 Å². The van der Waals surface area contributed by atoms with E-state index < -0.39 is 25.4 Å². The summed E-state index contributed by atoms with van der Waals surface area (Å²) in [5, 5.41) is -0.190. The van der Waals surface area contributed by atoms with E-state index in [0.717, 1.165) is 0 Å². The molecule has 0 bridgehead atoms. The highest BCUT2D eigenvalue weighted by atomic mass is 35.5. The third-order valence-corrected chi connectivity index (χ3v) is 4.14. The number of halogens is 4. The number of rotatable bonds is 7. The Bertz CT molecular complexity index is 332. The first kappa shape index (κ1) is 15.3. The summed E-state index contributed by atoms with van der Waals surface area (Å²) >= 11 is 5.83. The summed E-state index contributed by atoms with van der Waals surface area (Å²) in [6.07, 6.45) is 1.01. The van der Waals surface area contributed by atoms with E-state index >= 15 is 0 Å². The van der Waals surface area contributed by atoms with E-state index in [-0.39, 0.29) is 22.5 Å². The van der Waals surface area contributed by atoms with E-state index in [9.17, 15) is 18.0 Å². The molecular formula is C12H16ClF3O2. The van der Waals surface area contributed by atoms with Gasteiger partial charge in [-0.25, -0.2) is 13.2 Å². The quantitative estimate of drug-likeness (QED) is 0.671. The van der Waals surface area contributed by atoms with E-state index in [1.54, 1.807) is 0 Å². The van der Waals surface area contributed by atoms with Crippen LogP contribution in [-0.2, 0) is 9.53 Å². The molecule has 2 nitrogen and oxygen atoms in total. The average Bonchev–Trinajstić information content (AvgIpc) is 2.84. The zero-order valence-corrected chi connectivity index (χ0v) is 11.0. The van der Waals surface area contributed by atoms with Gasteiger partial charge in [0.1, 0.15) is 26.1 Å². The minimum absolute atomic E-state index is 0.190. The molecule has 18 heavy (non-hydrogen) atoms. The Morgan fingerprint density at radius 2 is 1.83 bits per heavy atom. The first-order valence-corrected chi connectivity index (χ1v) is 5.92. The lowest BCUT2D eigenvalue weighted by Crippen LogP contribution is -2.29. The molecule has 0 N–H and O–H groups in total. The fraction of sp³-hybridized carbons (Fsp3) is 0.750. The summed E-state index contributed by atoms with van der Waals surface area (Å²) in [4.78, 5) is 10.3. The van der Waals surface area contributed by atoms with Crippen LogP contribution in [0.15, 0.2) is 11.1 Å². The Kier molecular flexibility index (Phi) is 4.70. The van der Waals surface area contributed by atoms with Crippen molar-refractivity contribution in [3.63, 3.8) is 0 Å². The van der Waals surface area contributed by atoms with Gasteiger partial charge in [-0.15, -0.1) is 0 Å². The molecule has 0 heterocycles. The highest BCUT2D eigenvalue weighted by Crippen LogP contribution is 2.56. The van der Waals surface area contributed by atoms with Crippen LogP contribution in [0.25, 0.3) is 0 Å². The lowest BCUT2D eigenvalue weighted by molar-refractivity contribution is -0.131. The van der Waals surface area contributed by atoms with Crippen molar-refractivity contribution < 1.29 is 22.7 Å². The van der Waals surface area contributed by atoms with Crippen LogP contribution in [0.5, 0.6) is 0 Å². The van der Waals surface area contributed by atoms with Crippen LogP contribution in [0.3, 0.4) is 0 Å². The van der Waals surface area contributed by atoms with Gasteiger partial charge in [-0.2, -0.15) is 0 Å². The molecule has 0 amide bonds. The van der Waals surface area contributed by atoms with E-state index in [1.807, 2.05) is 13.8 Å². The number of hydrogen-bond acceptors (Lipinski definition) is 2. The molecule has 0 aliphatic heterocycles. The summed E-state index contributed by atoms with van der Waals surface area (Å²) in [6.45, 7) is 0.356. The second-order valence-corrected chi connectivity index (χ2v) is 5.60. The van der Waals surface area contributed by atoms with Gasteiger partial charge in [0, 0.05) is 16.4 Å². The Balaban J connectivity index is 2.87. The molecule has 0 aromatic carbocycles. The van der Waals surface area contributed by atoms with Crippen LogP contribution in [-0.4, -0.2) is 32.6 Å². The van der Waals surface area contributed by atoms with Gasteiger partial charge in [-0.3, -0.25) is 4.79 Å². The van der Waals surface area contributed by atoms with Gasteiger partial charge < -0.3 is 4.74 Å². The molecule has 0 aromatic heterocycles. The second kappa shape index (κ2) is 5.51. The maximum Gasteiger partial charge on any atom is 0.293 e. The zero-order valence-electron chi connectivity index (χ0n) is 10.3. The monoisotopic (exact) mass is 284 g/mol. The molecule has 1 fully saturated rings. The lowest BCUT2D eigenvalue weighted by atomic mass is 9.91. The number of carbonyl (C=O) groups excluding carboxylic acids is 1. The van der Waals surface area contributed by atoms with Crippen LogP contribution in [0.4, 0.5) is 13.2 Å². The van der Waals surface area contributed by atoms with E-state index in [4.69, 9.17) is 16.3 Å². The van der Waals surface area contributed by atoms with Crippen LogP contribution in [0, 0.1) is 16.7 Å². The Morgan fingerprint density at radius 1 is 1.33 bits per heavy atom. The highest BCUT2D eigenvalue weighted by molar-refractivity contribution is 6.30. The molecule has 1 rings (SSSR count). The standard InChI is InChI=1S/C12H16ClF3O2/c1-11(2)8(10(11)18-7-17)3-9(13)12(4-14,5-15)6-16/h3,7-8,10H,4-6H2,1-2H3.